The number of nitro benzene ring substituents is 1. The highest BCUT2D eigenvalue weighted by Crippen LogP contribution is 2.40. The molecule has 0 spiro atoms. The van der Waals surface area contributed by atoms with Gasteiger partial charge in [-0.05, 0) is 38.6 Å². The lowest BCUT2D eigenvalue weighted by Crippen LogP contribution is -2.28. The maximum atomic E-state index is 12.1. The summed E-state index contributed by atoms with van der Waals surface area (Å²) < 4.78 is 7.89. The fraction of sp³-hybridized carbons (Fsp3) is 0.300. The highest BCUT2D eigenvalue weighted by Gasteiger charge is 2.24. The van der Waals surface area contributed by atoms with Crippen LogP contribution in [0.15, 0.2) is 48.8 Å². The first-order valence-corrected chi connectivity index (χ1v) is 13.3. The molecule has 41 heavy (non-hydrogen) atoms. The third-order valence-electron chi connectivity index (χ3n) is 7.27. The average Bonchev–Trinajstić information content (AvgIpc) is 3.35. The van der Waals surface area contributed by atoms with Crippen LogP contribution >= 0.6 is 0 Å². The summed E-state index contributed by atoms with van der Waals surface area (Å²) in [6.07, 6.45) is 8.93. The maximum absolute atomic E-state index is 12.1. The number of nitro groups is 1. The Hall–Kier alpha value is -4.95. The molecule has 2 aromatic carbocycles. The number of allylic oxidation sites excluding steroid dienone is 1. The quantitative estimate of drug-likeness (QED) is 0.160. The van der Waals surface area contributed by atoms with E-state index < -0.39 is 4.92 Å². The predicted molar refractivity (Wildman–Crippen MR) is 161 cm³/mol. The van der Waals surface area contributed by atoms with E-state index in [4.69, 9.17) is 9.72 Å². The molecule has 11 heteroatoms. The molecule has 0 unspecified atom stereocenters. The van der Waals surface area contributed by atoms with Gasteiger partial charge in [-0.25, -0.2) is 9.97 Å². The van der Waals surface area contributed by atoms with E-state index in [-0.39, 0.29) is 11.6 Å². The molecule has 0 saturated heterocycles. The molecule has 2 aromatic heterocycles. The SMILES string of the molecule is COc1cc(N(C)CCN(C)C)c([N+](=O)[O-])cc1Nc1ncc(C=CC#N)c(-c2cn3c4c(cccc24)CCC3)n1. The minimum Gasteiger partial charge on any atom is -0.494 e. The molecule has 0 aliphatic carbocycles. The second-order valence-electron chi connectivity index (χ2n) is 10.3. The van der Waals surface area contributed by atoms with Crippen LogP contribution in [0.4, 0.5) is 23.0 Å². The number of aryl methyl sites for hydroxylation is 2. The Labute approximate surface area is 238 Å². The Morgan fingerprint density at radius 3 is 2.83 bits per heavy atom. The minimum atomic E-state index is -0.401. The van der Waals surface area contributed by atoms with Crippen LogP contribution in [0, 0.1) is 21.4 Å². The standard InChI is InChI=1S/C30H32N8O3/c1-35(2)14-15-36(3)25-17-27(41-4)24(16-26(25)38(39)40)33-30-32-18-21(9-6-12-31)28(34-30)23-19-37-13-7-10-20-8-5-11-22(23)29(20)37/h5-6,8-9,11,16-19H,7,10,13-15H2,1-4H3,(H,32,33,34). The molecule has 5 rings (SSSR count). The molecule has 0 fully saturated rings. The van der Waals surface area contributed by atoms with Gasteiger partial charge in [0, 0.05) is 73.8 Å². The van der Waals surface area contributed by atoms with E-state index in [1.807, 2.05) is 37.0 Å². The van der Waals surface area contributed by atoms with E-state index in [0.29, 0.717) is 34.9 Å². The lowest BCUT2D eigenvalue weighted by atomic mass is 10.0. The Bertz CT molecular complexity index is 1690. The summed E-state index contributed by atoms with van der Waals surface area (Å²) in [6.45, 7) is 2.25. The summed E-state index contributed by atoms with van der Waals surface area (Å²) in [7, 11) is 7.25. The van der Waals surface area contributed by atoms with Crippen LogP contribution in [0.2, 0.25) is 0 Å². The van der Waals surface area contributed by atoms with Gasteiger partial charge in [-0.3, -0.25) is 10.1 Å². The number of aromatic nitrogens is 3. The van der Waals surface area contributed by atoms with Crippen LogP contribution in [-0.2, 0) is 13.0 Å². The van der Waals surface area contributed by atoms with E-state index in [9.17, 15) is 15.4 Å². The molecule has 4 aromatic rings. The first-order chi connectivity index (χ1) is 19.8. The third kappa shape index (κ3) is 5.55. The highest BCUT2D eigenvalue weighted by molar-refractivity contribution is 5.99. The van der Waals surface area contributed by atoms with Gasteiger partial charge in [0.1, 0.15) is 11.4 Å². The monoisotopic (exact) mass is 552 g/mol. The van der Waals surface area contributed by atoms with Crippen molar-refractivity contribution in [1.29, 1.82) is 5.26 Å². The van der Waals surface area contributed by atoms with Gasteiger partial charge in [0.2, 0.25) is 5.95 Å². The Kier molecular flexibility index (Phi) is 7.85. The van der Waals surface area contributed by atoms with Crippen LogP contribution in [0.1, 0.15) is 17.5 Å². The van der Waals surface area contributed by atoms with Gasteiger partial charge in [-0.15, -0.1) is 0 Å². The number of hydrogen-bond acceptors (Lipinski definition) is 9. The molecule has 0 atom stereocenters. The molecule has 210 valence electrons. The fourth-order valence-electron chi connectivity index (χ4n) is 5.23. The van der Waals surface area contributed by atoms with E-state index in [0.717, 1.165) is 36.9 Å². The van der Waals surface area contributed by atoms with E-state index in [1.165, 1.54) is 30.3 Å². The number of methoxy groups -OCH3 is 1. The van der Waals surface area contributed by atoms with E-state index in [1.54, 1.807) is 18.3 Å². The van der Waals surface area contributed by atoms with Crippen molar-refractivity contribution in [2.24, 2.45) is 0 Å². The van der Waals surface area contributed by atoms with Gasteiger partial charge in [0.25, 0.3) is 5.69 Å². The number of anilines is 3. The van der Waals surface area contributed by atoms with Crippen LogP contribution < -0.4 is 15.0 Å². The number of nitriles is 1. The second kappa shape index (κ2) is 11.7. The number of likely N-dealkylation sites (N-methyl/N-ethyl adjacent to an activating group) is 2. The van der Waals surface area contributed by atoms with Crippen LogP contribution in [0.3, 0.4) is 0 Å². The molecule has 0 radical (unpaired) electrons. The van der Waals surface area contributed by atoms with Gasteiger partial charge in [0.15, 0.2) is 0 Å². The van der Waals surface area contributed by atoms with Crippen molar-refractivity contribution >= 4 is 40.0 Å². The molecule has 1 N–H and O–H groups in total. The van der Waals surface area contributed by atoms with Crippen molar-refractivity contribution in [3.8, 4) is 23.1 Å². The normalized spacial score (nSPS) is 12.6. The van der Waals surface area contributed by atoms with Gasteiger partial charge < -0.3 is 24.4 Å². The van der Waals surface area contributed by atoms with Crippen molar-refractivity contribution < 1.29 is 9.66 Å². The van der Waals surface area contributed by atoms with Crippen molar-refractivity contribution in [1.82, 2.24) is 19.4 Å². The molecule has 0 bridgehead atoms. The van der Waals surface area contributed by atoms with Gasteiger partial charge in [-0.2, -0.15) is 5.26 Å². The van der Waals surface area contributed by atoms with Crippen LogP contribution in [0.5, 0.6) is 5.75 Å². The van der Waals surface area contributed by atoms with E-state index in [2.05, 4.69) is 39.3 Å². The lowest BCUT2D eigenvalue weighted by molar-refractivity contribution is -0.384. The van der Waals surface area contributed by atoms with Crippen molar-refractivity contribution in [2.75, 3.05) is 51.6 Å². The molecular weight excluding hydrogens is 520 g/mol. The zero-order valence-electron chi connectivity index (χ0n) is 23.6. The molecule has 1 aliphatic heterocycles. The van der Waals surface area contributed by atoms with Gasteiger partial charge in [-0.1, -0.05) is 18.2 Å². The number of para-hydroxylation sites is 1. The molecule has 0 amide bonds. The zero-order valence-corrected chi connectivity index (χ0v) is 23.6. The second-order valence-corrected chi connectivity index (χ2v) is 10.3. The summed E-state index contributed by atoms with van der Waals surface area (Å²) >= 11 is 0. The predicted octanol–water partition coefficient (Wildman–Crippen LogP) is 5.24. The number of ether oxygens (including phenoxy) is 1. The van der Waals surface area contributed by atoms with Crippen molar-refractivity contribution in [2.45, 2.75) is 19.4 Å². The topological polar surface area (TPSA) is 125 Å². The van der Waals surface area contributed by atoms with Crippen molar-refractivity contribution in [3.05, 3.63) is 70.0 Å². The summed E-state index contributed by atoms with van der Waals surface area (Å²) in [4.78, 5) is 24.9. The first-order valence-electron chi connectivity index (χ1n) is 13.3. The van der Waals surface area contributed by atoms with Gasteiger partial charge in [0.05, 0.1) is 35.0 Å². The molecule has 1 aliphatic rings. The minimum absolute atomic E-state index is 0.0580. The smallest absolute Gasteiger partial charge is 0.294 e. The summed E-state index contributed by atoms with van der Waals surface area (Å²) in [5.41, 5.74) is 5.55. The zero-order chi connectivity index (χ0) is 29.1. The molecule has 11 nitrogen and oxygen atoms in total. The Morgan fingerprint density at radius 2 is 2.10 bits per heavy atom. The molecule has 3 heterocycles. The fourth-order valence-corrected chi connectivity index (χ4v) is 5.23. The van der Waals surface area contributed by atoms with Crippen LogP contribution in [-0.4, -0.2) is 65.7 Å². The number of rotatable bonds is 10. The maximum Gasteiger partial charge on any atom is 0.294 e. The number of nitrogens with one attached hydrogen (secondary N) is 1. The lowest BCUT2D eigenvalue weighted by Gasteiger charge is -2.22. The highest BCUT2D eigenvalue weighted by atomic mass is 16.6. The number of nitrogens with zero attached hydrogens (tertiary/aromatic N) is 7. The molecule has 0 saturated carbocycles. The largest absolute Gasteiger partial charge is 0.494 e. The average molecular weight is 553 g/mol. The Morgan fingerprint density at radius 1 is 1.27 bits per heavy atom. The van der Waals surface area contributed by atoms with Crippen molar-refractivity contribution in [3.63, 3.8) is 0 Å². The third-order valence-corrected chi connectivity index (χ3v) is 7.27. The van der Waals surface area contributed by atoms with Gasteiger partial charge >= 0.3 is 0 Å². The first kappa shape index (κ1) is 27.6. The number of benzene rings is 2. The summed E-state index contributed by atoms with van der Waals surface area (Å²) in [5.74, 6) is 0.676. The van der Waals surface area contributed by atoms with E-state index >= 15 is 0 Å². The van der Waals surface area contributed by atoms with Crippen LogP contribution in [0.25, 0.3) is 28.2 Å². The Balaban J connectivity index is 1.58. The summed E-state index contributed by atoms with van der Waals surface area (Å²) in [6, 6.07) is 11.5. The molecular formula is C30H32N8O3. The summed E-state index contributed by atoms with van der Waals surface area (Å²) in [5, 5.41) is 25.5. The number of hydrogen-bond donors (Lipinski definition) is 1.